The molecule has 7 heteroatoms. The Kier molecular flexibility index (Phi) is 3.95. The van der Waals surface area contributed by atoms with E-state index in [0.29, 0.717) is 11.3 Å². The van der Waals surface area contributed by atoms with E-state index >= 15 is 0 Å². The number of fused-ring (bicyclic) bond motifs is 3. The second kappa shape index (κ2) is 6.19. The Labute approximate surface area is 156 Å². The highest BCUT2D eigenvalue weighted by molar-refractivity contribution is 5.74. The third-order valence-corrected chi connectivity index (χ3v) is 5.81. The standard InChI is InChI=1S/C20H19N3O4/c1-11-10-17(23(26)27)20-18(12(11)2)13-7-5-8-14(13)19(21-20)15-6-3-4-9-16(15)22(24)25/h3-7,9-10,13-14,19,21H,8H2,1-2H3/t13-,14-,19-/m1/s1. The highest BCUT2D eigenvalue weighted by Crippen LogP contribution is 2.54. The molecule has 4 rings (SSSR count). The summed E-state index contributed by atoms with van der Waals surface area (Å²) in [6.07, 6.45) is 4.93. The van der Waals surface area contributed by atoms with E-state index in [1.165, 1.54) is 6.07 Å². The Hall–Kier alpha value is -3.22. The van der Waals surface area contributed by atoms with Crippen LogP contribution in [0.2, 0.25) is 0 Å². The van der Waals surface area contributed by atoms with Crippen molar-refractivity contribution in [2.75, 3.05) is 5.32 Å². The van der Waals surface area contributed by atoms with Gasteiger partial charge in [-0.3, -0.25) is 20.2 Å². The summed E-state index contributed by atoms with van der Waals surface area (Å²) in [4.78, 5) is 22.4. The van der Waals surface area contributed by atoms with E-state index < -0.39 is 4.92 Å². The third-order valence-electron chi connectivity index (χ3n) is 5.81. The average molecular weight is 365 g/mol. The predicted molar refractivity (Wildman–Crippen MR) is 102 cm³/mol. The number of para-hydroxylation sites is 1. The van der Waals surface area contributed by atoms with Crippen LogP contribution in [0.15, 0.2) is 42.5 Å². The molecule has 138 valence electrons. The Morgan fingerprint density at radius 2 is 1.78 bits per heavy atom. The number of aryl methyl sites for hydroxylation is 1. The minimum Gasteiger partial charge on any atom is -0.372 e. The minimum absolute atomic E-state index is 0.00432. The summed E-state index contributed by atoms with van der Waals surface area (Å²) in [6.45, 7) is 3.86. The molecule has 1 aliphatic heterocycles. The second-order valence-corrected chi connectivity index (χ2v) is 7.17. The SMILES string of the molecule is Cc1cc([N+](=O)[O-])c2c(c1C)[C@@H]1C=CC[C@H]1[C@H](c1ccccc1[N+](=O)[O-])N2. The van der Waals surface area contributed by atoms with Gasteiger partial charge in [0, 0.05) is 18.1 Å². The van der Waals surface area contributed by atoms with Crippen LogP contribution < -0.4 is 5.32 Å². The summed E-state index contributed by atoms with van der Waals surface area (Å²) in [5, 5.41) is 26.5. The fourth-order valence-electron chi connectivity index (χ4n) is 4.45. The zero-order valence-electron chi connectivity index (χ0n) is 15.0. The van der Waals surface area contributed by atoms with Gasteiger partial charge >= 0.3 is 0 Å². The van der Waals surface area contributed by atoms with Crippen LogP contribution in [-0.4, -0.2) is 9.85 Å². The van der Waals surface area contributed by atoms with Crippen LogP contribution in [0.4, 0.5) is 17.1 Å². The van der Waals surface area contributed by atoms with Crippen molar-refractivity contribution in [1.82, 2.24) is 0 Å². The highest BCUT2D eigenvalue weighted by atomic mass is 16.6. The van der Waals surface area contributed by atoms with Crippen LogP contribution in [-0.2, 0) is 0 Å². The van der Waals surface area contributed by atoms with E-state index in [4.69, 9.17) is 0 Å². The van der Waals surface area contributed by atoms with Crippen molar-refractivity contribution in [3.05, 3.63) is 85.0 Å². The van der Waals surface area contributed by atoms with Gasteiger partial charge in [-0.2, -0.15) is 0 Å². The van der Waals surface area contributed by atoms with Crippen molar-refractivity contribution in [3.8, 4) is 0 Å². The minimum atomic E-state index is -0.390. The van der Waals surface area contributed by atoms with E-state index in [2.05, 4.69) is 17.5 Å². The lowest BCUT2D eigenvalue weighted by Crippen LogP contribution is -2.31. The Morgan fingerprint density at radius 3 is 2.48 bits per heavy atom. The maximum Gasteiger partial charge on any atom is 0.292 e. The van der Waals surface area contributed by atoms with Crippen molar-refractivity contribution in [2.24, 2.45) is 5.92 Å². The average Bonchev–Trinajstić information content (AvgIpc) is 3.13. The Bertz CT molecular complexity index is 999. The molecule has 2 aromatic rings. The fourth-order valence-corrected chi connectivity index (χ4v) is 4.45. The maximum absolute atomic E-state index is 11.7. The summed E-state index contributed by atoms with van der Waals surface area (Å²) >= 11 is 0. The molecule has 0 fully saturated rings. The maximum atomic E-state index is 11.7. The van der Waals surface area contributed by atoms with Crippen molar-refractivity contribution >= 4 is 17.1 Å². The van der Waals surface area contributed by atoms with Crippen LogP contribution in [0, 0.1) is 40.0 Å². The first-order chi connectivity index (χ1) is 12.9. The van der Waals surface area contributed by atoms with E-state index in [1.54, 1.807) is 24.3 Å². The van der Waals surface area contributed by atoms with Gasteiger partial charge in [0.2, 0.25) is 0 Å². The molecule has 0 unspecified atom stereocenters. The van der Waals surface area contributed by atoms with Gasteiger partial charge in [0.1, 0.15) is 5.69 Å². The number of nitrogens with one attached hydrogen (secondary N) is 1. The predicted octanol–water partition coefficient (Wildman–Crippen LogP) is 4.95. The van der Waals surface area contributed by atoms with Crippen molar-refractivity contribution in [2.45, 2.75) is 32.2 Å². The van der Waals surface area contributed by atoms with Gasteiger partial charge in [0.05, 0.1) is 21.5 Å². The lowest BCUT2D eigenvalue weighted by Gasteiger charge is -2.38. The zero-order chi connectivity index (χ0) is 19.3. The van der Waals surface area contributed by atoms with Crippen LogP contribution in [0.5, 0.6) is 0 Å². The van der Waals surface area contributed by atoms with Gasteiger partial charge in [0.25, 0.3) is 11.4 Å². The van der Waals surface area contributed by atoms with Gasteiger partial charge in [-0.25, -0.2) is 0 Å². The highest BCUT2D eigenvalue weighted by Gasteiger charge is 2.43. The van der Waals surface area contributed by atoms with Gasteiger partial charge in [-0.1, -0.05) is 30.4 Å². The molecule has 0 saturated heterocycles. The van der Waals surface area contributed by atoms with Gasteiger partial charge in [-0.15, -0.1) is 0 Å². The Morgan fingerprint density at radius 1 is 1.07 bits per heavy atom. The Balaban J connectivity index is 1.94. The van der Waals surface area contributed by atoms with E-state index in [-0.39, 0.29) is 34.2 Å². The molecule has 7 nitrogen and oxygen atoms in total. The number of hydrogen-bond donors (Lipinski definition) is 1. The summed E-state index contributed by atoms with van der Waals surface area (Å²) in [6, 6.07) is 7.85. The zero-order valence-corrected chi connectivity index (χ0v) is 15.0. The number of nitro benzene ring substituents is 2. The van der Waals surface area contributed by atoms with Gasteiger partial charge in [0.15, 0.2) is 0 Å². The topological polar surface area (TPSA) is 98.3 Å². The largest absolute Gasteiger partial charge is 0.372 e. The van der Waals surface area contributed by atoms with Crippen LogP contribution in [0.25, 0.3) is 0 Å². The first-order valence-electron chi connectivity index (χ1n) is 8.85. The number of benzene rings is 2. The van der Waals surface area contributed by atoms with E-state index in [1.807, 2.05) is 13.8 Å². The van der Waals surface area contributed by atoms with Crippen LogP contribution in [0.1, 0.15) is 40.6 Å². The number of allylic oxidation sites excluding steroid dienone is 2. The molecule has 27 heavy (non-hydrogen) atoms. The van der Waals surface area contributed by atoms with Crippen LogP contribution in [0.3, 0.4) is 0 Å². The van der Waals surface area contributed by atoms with Gasteiger partial charge < -0.3 is 5.32 Å². The van der Waals surface area contributed by atoms with E-state index in [9.17, 15) is 20.2 Å². The quantitative estimate of drug-likeness (QED) is 0.471. The molecule has 1 aliphatic carbocycles. The normalized spacial score (nSPS) is 22.7. The van der Waals surface area contributed by atoms with Gasteiger partial charge in [-0.05, 0) is 42.9 Å². The third kappa shape index (κ3) is 2.58. The fraction of sp³-hybridized carbons (Fsp3) is 0.300. The van der Waals surface area contributed by atoms with E-state index in [0.717, 1.165) is 23.1 Å². The molecule has 0 saturated carbocycles. The summed E-state index contributed by atoms with van der Waals surface area (Å²) in [5.74, 6) is 0.0864. The molecule has 0 radical (unpaired) electrons. The summed E-state index contributed by atoms with van der Waals surface area (Å²) < 4.78 is 0. The number of nitro groups is 2. The molecular weight excluding hydrogens is 346 g/mol. The molecule has 1 N–H and O–H groups in total. The first kappa shape index (κ1) is 17.2. The van der Waals surface area contributed by atoms with Crippen molar-refractivity contribution < 1.29 is 9.85 Å². The molecule has 1 heterocycles. The molecule has 0 amide bonds. The molecule has 0 spiro atoms. The monoisotopic (exact) mass is 365 g/mol. The number of rotatable bonds is 3. The molecule has 0 aromatic heterocycles. The summed E-state index contributed by atoms with van der Waals surface area (Å²) in [5.41, 5.74) is 3.97. The van der Waals surface area contributed by atoms with Crippen molar-refractivity contribution in [3.63, 3.8) is 0 Å². The number of hydrogen-bond acceptors (Lipinski definition) is 5. The molecule has 3 atom stereocenters. The lowest BCUT2D eigenvalue weighted by atomic mass is 9.74. The van der Waals surface area contributed by atoms with Crippen LogP contribution >= 0.6 is 0 Å². The number of nitrogens with zero attached hydrogens (tertiary/aromatic N) is 2. The summed E-state index contributed by atoms with van der Waals surface area (Å²) in [7, 11) is 0. The molecule has 0 bridgehead atoms. The molecule has 2 aliphatic rings. The second-order valence-electron chi connectivity index (χ2n) is 7.17. The smallest absolute Gasteiger partial charge is 0.292 e. The molecule has 2 aromatic carbocycles. The first-order valence-corrected chi connectivity index (χ1v) is 8.85. The lowest BCUT2D eigenvalue weighted by molar-refractivity contribution is -0.386. The molecular formula is C20H19N3O4. The van der Waals surface area contributed by atoms with Crippen molar-refractivity contribution in [1.29, 1.82) is 0 Å². The number of anilines is 1.